The number of nitrogens with zero attached hydrogens (tertiary/aromatic N) is 1. The van der Waals surface area contributed by atoms with Gasteiger partial charge in [0, 0.05) is 30.1 Å². The zero-order valence-electron chi connectivity index (χ0n) is 17.7. The highest BCUT2D eigenvalue weighted by Gasteiger charge is 2.26. The standard InChI is InChI=1S/C24H28N2O4/c1-24(2,3)30-23(28)25-18-10-12-26(13-11-18)21(27)14-17-15-29-20-9-8-16-6-4-5-7-19(16)22(17)20/h4-9,15,18H,10-14H2,1-3H3,(H,25,28). The fourth-order valence-electron chi connectivity index (χ4n) is 4.03. The van der Waals surface area contributed by atoms with Gasteiger partial charge >= 0.3 is 6.09 Å². The second-order valence-corrected chi connectivity index (χ2v) is 8.90. The second kappa shape index (κ2) is 8.01. The maximum atomic E-state index is 12.9. The maximum Gasteiger partial charge on any atom is 0.407 e. The highest BCUT2D eigenvalue weighted by atomic mass is 16.6. The van der Waals surface area contributed by atoms with E-state index in [-0.39, 0.29) is 11.9 Å². The van der Waals surface area contributed by atoms with E-state index >= 15 is 0 Å². The molecule has 2 aromatic carbocycles. The van der Waals surface area contributed by atoms with E-state index in [0.29, 0.717) is 19.5 Å². The van der Waals surface area contributed by atoms with Gasteiger partial charge in [-0.25, -0.2) is 4.79 Å². The van der Waals surface area contributed by atoms with E-state index < -0.39 is 11.7 Å². The molecule has 158 valence electrons. The Kier molecular flexibility index (Phi) is 5.41. The Bertz CT molecular complexity index is 1070. The summed E-state index contributed by atoms with van der Waals surface area (Å²) in [6, 6.07) is 12.2. The molecular formula is C24H28N2O4. The molecule has 30 heavy (non-hydrogen) atoms. The van der Waals surface area contributed by atoms with E-state index in [1.54, 1.807) is 6.26 Å². The Hall–Kier alpha value is -3.02. The first-order valence-corrected chi connectivity index (χ1v) is 10.5. The number of benzene rings is 2. The van der Waals surface area contributed by atoms with Gasteiger partial charge in [0.1, 0.15) is 11.2 Å². The molecule has 0 radical (unpaired) electrons. The number of carbonyl (C=O) groups excluding carboxylic acids is 2. The van der Waals surface area contributed by atoms with Gasteiger partial charge in [-0.05, 0) is 50.5 Å². The largest absolute Gasteiger partial charge is 0.464 e. The van der Waals surface area contributed by atoms with Gasteiger partial charge in [-0.2, -0.15) is 0 Å². The lowest BCUT2D eigenvalue weighted by molar-refractivity contribution is -0.131. The SMILES string of the molecule is CC(C)(C)OC(=O)NC1CCN(C(=O)Cc2coc3ccc4ccccc4c23)CC1. The molecule has 1 N–H and O–H groups in total. The van der Waals surface area contributed by atoms with E-state index in [2.05, 4.69) is 17.4 Å². The first-order valence-electron chi connectivity index (χ1n) is 10.5. The van der Waals surface area contributed by atoms with Crippen LogP contribution in [0.25, 0.3) is 21.7 Å². The molecule has 0 aliphatic carbocycles. The molecule has 2 heterocycles. The molecule has 4 rings (SSSR count). The van der Waals surface area contributed by atoms with Crippen molar-refractivity contribution in [2.24, 2.45) is 0 Å². The fraction of sp³-hybridized carbons (Fsp3) is 0.417. The van der Waals surface area contributed by atoms with Crippen molar-refractivity contribution in [2.75, 3.05) is 13.1 Å². The number of carbonyl (C=O) groups is 2. The molecule has 1 aromatic heterocycles. The van der Waals surface area contributed by atoms with Crippen LogP contribution in [0.3, 0.4) is 0 Å². The van der Waals surface area contributed by atoms with Gasteiger partial charge in [0.05, 0.1) is 12.7 Å². The minimum atomic E-state index is -0.516. The lowest BCUT2D eigenvalue weighted by atomic mass is 10.0. The third-order valence-corrected chi connectivity index (χ3v) is 5.45. The van der Waals surface area contributed by atoms with Crippen LogP contribution in [0.4, 0.5) is 4.79 Å². The van der Waals surface area contributed by atoms with Crippen molar-refractivity contribution in [1.82, 2.24) is 10.2 Å². The van der Waals surface area contributed by atoms with Crippen LogP contribution >= 0.6 is 0 Å². The number of furan rings is 1. The molecule has 0 saturated carbocycles. The Labute approximate surface area is 176 Å². The first-order chi connectivity index (χ1) is 14.3. The Morgan fingerprint density at radius 2 is 1.87 bits per heavy atom. The van der Waals surface area contributed by atoms with E-state index in [0.717, 1.165) is 40.1 Å². The van der Waals surface area contributed by atoms with Gasteiger partial charge in [-0.3, -0.25) is 4.79 Å². The number of hydrogen-bond donors (Lipinski definition) is 1. The molecule has 3 aromatic rings. The van der Waals surface area contributed by atoms with E-state index in [1.165, 1.54) is 0 Å². The number of amides is 2. The van der Waals surface area contributed by atoms with Crippen molar-refractivity contribution in [1.29, 1.82) is 0 Å². The highest BCUT2D eigenvalue weighted by Crippen LogP contribution is 2.30. The number of nitrogens with one attached hydrogen (secondary N) is 1. The third-order valence-electron chi connectivity index (χ3n) is 5.45. The summed E-state index contributed by atoms with van der Waals surface area (Å²) in [6.45, 7) is 6.77. The summed E-state index contributed by atoms with van der Waals surface area (Å²) in [6.07, 6.45) is 3.06. The van der Waals surface area contributed by atoms with Crippen LogP contribution in [-0.2, 0) is 16.0 Å². The molecule has 0 bridgehead atoms. The molecule has 0 unspecified atom stereocenters. The molecule has 1 aliphatic heterocycles. The summed E-state index contributed by atoms with van der Waals surface area (Å²) in [4.78, 5) is 26.8. The number of alkyl carbamates (subject to hydrolysis) is 1. The zero-order chi connectivity index (χ0) is 21.3. The minimum Gasteiger partial charge on any atom is -0.464 e. The van der Waals surface area contributed by atoms with Gasteiger partial charge < -0.3 is 19.4 Å². The minimum absolute atomic E-state index is 0.0302. The van der Waals surface area contributed by atoms with Crippen LogP contribution in [0.2, 0.25) is 0 Å². The van der Waals surface area contributed by atoms with Gasteiger partial charge in [0.25, 0.3) is 0 Å². The molecule has 0 spiro atoms. The molecule has 1 saturated heterocycles. The summed E-state index contributed by atoms with van der Waals surface area (Å²) in [7, 11) is 0. The summed E-state index contributed by atoms with van der Waals surface area (Å²) in [5.74, 6) is 0.0846. The van der Waals surface area contributed by atoms with Crippen molar-refractivity contribution < 1.29 is 18.7 Å². The number of ether oxygens (including phenoxy) is 1. The van der Waals surface area contributed by atoms with Crippen LogP contribution in [0, 0.1) is 0 Å². The second-order valence-electron chi connectivity index (χ2n) is 8.90. The summed E-state index contributed by atoms with van der Waals surface area (Å²) >= 11 is 0. The van der Waals surface area contributed by atoms with Crippen LogP contribution < -0.4 is 5.32 Å². The predicted octanol–water partition coefficient (Wildman–Crippen LogP) is 4.64. The number of hydrogen-bond acceptors (Lipinski definition) is 4. The quantitative estimate of drug-likeness (QED) is 0.685. The lowest BCUT2D eigenvalue weighted by Gasteiger charge is -2.33. The summed E-state index contributed by atoms with van der Waals surface area (Å²) in [5.41, 5.74) is 1.20. The van der Waals surface area contributed by atoms with E-state index in [9.17, 15) is 9.59 Å². The average Bonchev–Trinajstić information content (AvgIpc) is 3.10. The first kappa shape index (κ1) is 20.3. The normalized spacial score (nSPS) is 15.5. The Morgan fingerprint density at radius 1 is 1.13 bits per heavy atom. The smallest absolute Gasteiger partial charge is 0.407 e. The third kappa shape index (κ3) is 4.42. The summed E-state index contributed by atoms with van der Waals surface area (Å²) in [5, 5.41) is 6.16. The van der Waals surface area contributed by atoms with E-state index in [4.69, 9.17) is 9.15 Å². The molecule has 2 amide bonds. The molecule has 6 nitrogen and oxygen atoms in total. The van der Waals surface area contributed by atoms with Crippen molar-refractivity contribution >= 4 is 33.7 Å². The van der Waals surface area contributed by atoms with Gasteiger partial charge in [-0.1, -0.05) is 30.3 Å². The molecule has 1 aliphatic rings. The number of likely N-dealkylation sites (tertiary alicyclic amines) is 1. The number of piperidine rings is 1. The highest BCUT2D eigenvalue weighted by molar-refractivity contribution is 6.08. The monoisotopic (exact) mass is 408 g/mol. The molecule has 0 atom stereocenters. The van der Waals surface area contributed by atoms with Crippen molar-refractivity contribution in [3.05, 3.63) is 48.2 Å². The molecule has 6 heteroatoms. The Morgan fingerprint density at radius 3 is 2.60 bits per heavy atom. The summed E-state index contributed by atoms with van der Waals surface area (Å²) < 4.78 is 11.0. The van der Waals surface area contributed by atoms with Gasteiger partial charge in [0.15, 0.2) is 0 Å². The number of fused-ring (bicyclic) bond motifs is 3. The van der Waals surface area contributed by atoms with Crippen LogP contribution in [-0.4, -0.2) is 41.6 Å². The van der Waals surface area contributed by atoms with Crippen LogP contribution in [0.5, 0.6) is 0 Å². The molecule has 1 fully saturated rings. The number of rotatable bonds is 3. The van der Waals surface area contributed by atoms with Gasteiger partial charge in [-0.15, -0.1) is 0 Å². The van der Waals surface area contributed by atoms with E-state index in [1.807, 2.05) is 49.9 Å². The lowest BCUT2D eigenvalue weighted by Crippen LogP contribution is -2.47. The zero-order valence-corrected chi connectivity index (χ0v) is 17.7. The van der Waals surface area contributed by atoms with Crippen molar-refractivity contribution in [3.63, 3.8) is 0 Å². The van der Waals surface area contributed by atoms with Gasteiger partial charge in [0.2, 0.25) is 5.91 Å². The topological polar surface area (TPSA) is 71.8 Å². The fourth-order valence-corrected chi connectivity index (χ4v) is 4.03. The predicted molar refractivity (Wildman–Crippen MR) is 116 cm³/mol. The van der Waals surface area contributed by atoms with Crippen LogP contribution in [0.15, 0.2) is 47.1 Å². The van der Waals surface area contributed by atoms with Crippen molar-refractivity contribution in [2.45, 2.75) is 51.7 Å². The Balaban J connectivity index is 1.39. The van der Waals surface area contributed by atoms with Crippen molar-refractivity contribution in [3.8, 4) is 0 Å². The maximum absolute atomic E-state index is 12.9. The molecular weight excluding hydrogens is 380 g/mol. The average molecular weight is 408 g/mol. The van der Waals surface area contributed by atoms with Crippen LogP contribution in [0.1, 0.15) is 39.2 Å².